The Kier molecular flexibility index (Phi) is 3.69. The number of aliphatic hydroxyl groups excluding tert-OH is 1. The van der Waals surface area contributed by atoms with Gasteiger partial charge in [0, 0.05) is 25.1 Å². The molecule has 1 N–H and O–H groups in total. The molecule has 0 amide bonds. The minimum Gasteiger partial charge on any atom is -0.424 e. The van der Waals surface area contributed by atoms with Crippen molar-refractivity contribution in [3.8, 4) is 0 Å². The van der Waals surface area contributed by atoms with E-state index in [-0.39, 0.29) is 5.56 Å². The number of rotatable bonds is 3. The molecule has 1 aliphatic heterocycles. The molecule has 2 atom stereocenters. The van der Waals surface area contributed by atoms with Crippen LogP contribution in [0, 0.1) is 18.6 Å². The number of likely N-dealkylation sites (tertiary alicyclic amines) is 1. The Morgan fingerprint density at radius 3 is 2.90 bits per heavy atom. The SMILES string of the molecule is Cc1nnc(CN2C[C@H](O)C[C@@H]2c2cc(F)ccc2F)o1. The zero-order chi connectivity index (χ0) is 15.0. The number of benzene rings is 1. The van der Waals surface area contributed by atoms with E-state index in [1.54, 1.807) is 6.92 Å². The highest BCUT2D eigenvalue weighted by atomic mass is 19.1. The van der Waals surface area contributed by atoms with Crippen molar-refractivity contribution >= 4 is 0 Å². The summed E-state index contributed by atoms with van der Waals surface area (Å²) in [5, 5.41) is 17.5. The molecule has 0 bridgehead atoms. The van der Waals surface area contributed by atoms with Crippen LogP contribution in [0.2, 0.25) is 0 Å². The summed E-state index contributed by atoms with van der Waals surface area (Å²) in [6.07, 6.45) is -0.255. The summed E-state index contributed by atoms with van der Waals surface area (Å²) in [5.41, 5.74) is 0.239. The highest BCUT2D eigenvalue weighted by Gasteiger charge is 2.34. The van der Waals surface area contributed by atoms with Gasteiger partial charge in [0.1, 0.15) is 11.6 Å². The molecule has 2 aromatic rings. The summed E-state index contributed by atoms with van der Waals surface area (Å²) in [6.45, 7) is 2.32. The third-order valence-electron chi connectivity index (χ3n) is 3.60. The molecule has 5 nitrogen and oxygen atoms in total. The molecule has 1 fully saturated rings. The molecule has 2 heterocycles. The van der Waals surface area contributed by atoms with Gasteiger partial charge in [0.05, 0.1) is 12.6 Å². The minimum absolute atomic E-state index is 0.239. The van der Waals surface area contributed by atoms with Gasteiger partial charge >= 0.3 is 0 Å². The first-order valence-corrected chi connectivity index (χ1v) is 6.69. The smallest absolute Gasteiger partial charge is 0.230 e. The van der Waals surface area contributed by atoms with Crippen molar-refractivity contribution in [1.82, 2.24) is 15.1 Å². The van der Waals surface area contributed by atoms with Gasteiger partial charge in [-0.05, 0) is 24.6 Å². The molecule has 7 heteroatoms. The number of aliphatic hydroxyl groups is 1. The van der Waals surface area contributed by atoms with E-state index in [0.717, 1.165) is 12.1 Å². The van der Waals surface area contributed by atoms with Gasteiger partial charge in [0.15, 0.2) is 0 Å². The monoisotopic (exact) mass is 295 g/mol. The first kappa shape index (κ1) is 14.1. The van der Waals surface area contributed by atoms with Crippen LogP contribution in [0.3, 0.4) is 0 Å². The van der Waals surface area contributed by atoms with Crippen LogP contribution < -0.4 is 0 Å². The Morgan fingerprint density at radius 2 is 2.19 bits per heavy atom. The topological polar surface area (TPSA) is 62.4 Å². The van der Waals surface area contributed by atoms with E-state index in [4.69, 9.17) is 4.42 Å². The van der Waals surface area contributed by atoms with Crippen LogP contribution in [0.25, 0.3) is 0 Å². The molecule has 1 aromatic carbocycles. The molecule has 0 saturated carbocycles. The van der Waals surface area contributed by atoms with Crippen LogP contribution in [-0.2, 0) is 6.54 Å². The summed E-state index contributed by atoms with van der Waals surface area (Å²) in [5.74, 6) is -0.148. The third kappa shape index (κ3) is 2.93. The second-order valence-corrected chi connectivity index (χ2v) is 5.22. The fourth-order valence-electron chi connectivity index (χ4n) is 2.72. The lowest BCUT2D eigenvalue weighted by molar-refractivity contribution is 0.166. The first-order chi connectivity index (χ1) is 10.0. The fourth-order valence-corrected chi connectivity index (χ4v) is 2.72. The molecule has 0 radical (unpaired) electrons. The van der Waals surface area contributed by atoms with Crippen LogP contribution >= 0.6 is 0 Å². The molecule has 1 aromatic heterocycles. The van der Waals surface area contributed by atoms with Gasteiger partial charge in [0.2, 0.25) is 11.8 Å². The maximum atomic E-state index is 13.9. The third-order valence-corrected chi connectivity index (χ3v) is 3.60. The Hall–Kier alpha value is -1.86. The number of halogens is 2. The Balaban J connectivity index is 1.86. The van der Waals surface area contributed by atoms with Gasteiger partial charge in [-0.1, -0.05) is 0 Å². The maximum absolute atomic E-state index is 13.9. The lowest BCUT2D eigenvalue weighted by atomic mass is 10.0. The van der Waals surface area contributed by atoms with E-state index in [1.807, 2.05) is 4.90 Å². The van der Waals surface area contributed by atoms with Gasteiger partial charge in [-0.25, -0.2) is 8.78 Å². The molecule has 1 aliphatic rings. The molecule has 112 valence electrons. The zero-order valence-electron chi connectivity index (χ0n) is 11.5. The van der Waals surface area contributed by atoms with Gasteiger partial charge < -0.3 is 9.52 Å². The average Bonchev–Trinajstić information content (AvgIpc) is 2.99. The standard InChI is InChI=1S/C14H15F2N3O2/c1-8-17-18-14(21-8)7-19-6-10(20)5-13(19)11-4-9(15)2-3-12(11)16/h2-4,10,13,20H,5-7H2,1H3/t10-,13-/m1/s1. The number of β-amino-alcohol motifs (C(OH)–C–C–N with tert-alkyl or cyclic N) is 1. The van der Waals surface area contributed by atoms with E-state index >= 15 is 0 Å². The summed E-state index contributed by atoms with van der Waals surface area (Å²) >= 11 is 0. The van der Waals surface area contributed by atoms with Crippen molar-refractivity contribution in [3.63, 3.8) is 0 Å². The van der Waals surface area contributed by atoms with Crippen molar-refractivity contribution in [2.24, 2.45) is 0 Å². The van der Waals surface area contributed by atoms with E-state index in [0.29, 0.717) is 31.3 Å². The van der Waals surface area contributed by atoms with E-state index < -0.39 is 23.8 Å². The normalized spacial score (nSPS) is 22.9. The summed E-state index contributed by atoms with van der Waals surface area (Å²) < 4.78 is 32.6. The largest absolute Gasteiger partial charge is 0.424 e. The van der Waals surface area contributed by atoms with Crippen molar-refractivity contribution in [1.29, 1.82) is 0 Å². The van der Waals surface area contributed by atoms with Crippen molar-refractivity contribution in [2.45, 2.75) is 32.0 Å². The van der Waals surface area contributed by atoms with Gasteiger partial charge in [0.25, 0.3) is 0 Å². The summed E-state index contributed by atoms with van der Waals surface area (Å²) in [6, 6.07) is 2.94. The van der Waals surface area contributed by atoms with Crippen LogP contribution in [-0.4, -0.2) is 32.9 Å². The Labute approximate surface area is 120 Å². The average molecular weight is 295 g/mol. The Bertz CT molecular complexity index is 647. The first-order valence-electron chi connectivity index (χ1n) is 6.69. The second kappa shape index (κ2) is 5.50. The number of aromatic nitrogens is 2. The molecule has 1 saturated heterocycles. The van der Waals surface area contributed by atoms with Crippen LogP contribution in [0.4, 0.5) is 8.78 Å². The van der Waals surface area contributed by atoms with Gasteiger partial charge in [-0.15, -0.1) is 10.2 Å². The number of aryl methyl sites for hydroxylation is 1. The van der Waals surface area contributed by atoms with E-state index in [1.165, 1.54) is 6.07 Å². The van der Waals surface area contributed by atoms with Crippen molar-refractivity contribution in [3.05, 3.63) is 47.2 Å². The van der Waals surface area contributed by atoms with Gasteiger partial charge in [-0.3, -0.25) is 4.90 Å². The molecule has 21 heavy (non-hydrogen) atoms. The molecule has 0 aliphatic carbocycles. The van der Waals surface area contributed by atoms with Crippen LogP contribution in [0.1, 0.15) is 29.8 Å². The summed E-state index contributed by atoms with van der Waals surface area (Å²) in [4.78, 5) is 1.81. The maximum Gasteiger partial charge on any atom is 0.230 e. The quantitative estimate of drug-likeness (QED) is 0.938. The van der Waals surface area contributed by atoms with E-state index in [2.05, 4.69) is 10.2 Å². The number of nitrogens with zero attached hydrogens (tertiary/aromatic N) is 3. The molecular weight excluding hydrogens is 280 g/mol. The lowest BCUT2D eigenvalue weighted by Gasteiger charge is -2.23. The molecule has 0 spiro atoms. The Morgan fingerprint density at radius 1 is 1.38 bits per heavy atom. The van der Waals surface area contributed by atoms with E-state index in [9.17, 15) is 13.9 Å². The van der Waals surface area contributed by atoms with Crippen molar-refractivity contribution < 1.29 is 18.3 Å². The molecule has 3 rings (SSSR count). The predicted molar refractivity (Wildman–Crippen MR) is 69.2 cm³/mol. The zero-order valence-corrected chi connectivity index (χ0v) is 11.5. The van der Waals surface area contributed by atoms with Crippen LogP contribution in [0.5, 0.6) is 0 Å². The molecular formula is C14H15F2N3O2. The lowest BCUT2D eigenvalue weighted by Crippen LogP contribution is -2.25. The van der Waals surface area contributed by atoms with Crippen molar-refractivity contribution in [2.75, 3.05) is 6.54 Å². The minimum atomic E-state index is -0.596. The highest BCUT2D eigenvalue weighted by molar-refractivity contribution is 5.24. The summed E-state index contributed by atoms with van der Waals surface area (Å²) in [7, 11) is 0. The number of hydrogen-bond acceptors (Lipinski definition) is 5. The fraction of sp³-hybridized carbons (Fsp3) is 0.429. The molecule has 0 unspecified atom stereocenters. The van der Waals surface area contributed by atoms with Gasteiger partial charge in [-0.2, -0.15) is 0 Å². The number of hydrogen-bond donors (Lipinski definition) is 1. The predicted octanol–water partition coefficient (Wildman–Crippen LogP) is 1.96. The highest BCUT2D eigenvalue weighted by Crippen LogP contribution is 2.34. The van der Waals surface area contributed by atoms with Crippen LogP contribution in [0.15, 0.2) is 22.6 Å². The second-order valence-electron chi connectivity index (χ2n) is 5.22.